The fraction of sp³-hybridized carbons (Fsp3) is 0.684. The highest BCUT2D eigenvalue weighted by Crippen LogP contribution is 2.51. The number of halogens is 1. The van der Waals surface area contributed by atoms with Crippen LogP contribution in [0.2, 0.25) is 0 Å². The van der Waals surface area contributed by atoms with E-state index in [0.29, 0.717) is 0 Å². The topological polar surface area (TPSA) is 0 Å². The van der Waals surface area contributed by atoms with Gasteiger partial charge in [-0.15, -0.1) is 11.6 Å². The smallest absolute Gasteiger partial charge is 0.0588 e. The van der Waals surface area contributed by atoms with E-state index in [4.69, 9.17) is 11.6 Å². The highest BCUT2D eigenvalue weighted by Gasteiger charge is 2.40. The number of fused-ring (bicyclic) bond motifs is 2. The number of hydrogen-bond donors (Lipinski definition) is 0. The molecule has 1 aromatic rings. The van der Waals surface area contributed by atoms with Crippen LogP contribution in [-0.4, -0.2) is 0 Å². The van der Waals surface area contributed by atoms with Gasteiger partial charge in [-0.2, -0.15) is 0 Å². The normalized spacial score (nSPS) is 29.9. The number of alkyl halides is 1. The Balaban J connectivity index is 1.69. The van der Waals surface area contributed by atoms with E-state index in [0.717, 1.165) is 30.6 Å². The number of hydrogen-bond acceptors (Lipinski definition) is 0. The van der Waals surface area contributed by atoms with Gasteiger partial charge in [0.15, 0.2) is 0 Å². The van der Waals surface area contributed by atoms with Crippen LogP contribution in [0.1, 0.15) is 68.0 Å². The molecule has 0 aromatic heterocycles. The van der Waals surface area contributed by atoms with Crippen molar-refractivity contribution in [3.63, 3.8) is 0 Å². The van der Waals surface area contributed by atoms with Crippen molar-refractivity contribution >= 4 is 11.6 Å². The third-order valence-corrected chi connectivity index (χ3v) is 6.18. The molecule has 2 fully saturated rings. The van der Waals surface area contributed by atoms with E-state index in [2.05, 4.69) is 32.0 Å². The molecule has 4 unspecified atom stereocenters. The lowest BCUT2D eigenvalue weighted by molar-refractivity contribution is 0.312. The summed E-state index contributed by atoms with van der Waals surface area (Å²) >= 11 is 6.75. The minimum atomic E-state index is 0.218. The molecule has 2 aliphatic rings. The Morgan fingerprint density at radius 1 is 1.10 bits per heavy atom. The first-order valence-corrected chi connectivity index (χ1v) is 8.90. The van der Waals surface area contributed by atoms with E-state index in [1.165, 1.54) is 48.8 Å². The predicted molar refractivity (Wildman–Crippen MR) is 87.3 cm³/mol. The monoisotopic (exact) mass is 290 g/mol. The maximum Gasteiger partial charge on any atom is 0.0588 e. The van der Waals surface area contributed by atoms with E-state index >= 15 is 0 Å². The number of aryl methyl sites for hydroxylation is 2. The summed E-state index contributed by atoms with van der Waals surface area (Å²) in [5, 5.41) is 0.218. The molecule has 110 valence electrons. The lowest BCUT2D eigenvalue weighted by atomic mass is 9.84. The molecule has 2 saturated carbocycles. The molecule has 0 N–H and O–H groups in total. The van der Waals surface area contributed by atoms with Gasteiger partial charge in [0, 0.05) is 0 Å². The third-order valence-electron chi connectivity index (χ3n) is 5.75. The molecule has 0 amide bonds. The van der Waals surface area contributed by atoms with Crippen LogP contribution < -0.4 is 0 Å². The number of rotatable bonds is 5. The summed E-state index contributed by atoms with van der Waals surface area (Å²) in [6, 6.07) is 6.93. The first kappa shape index (κ1) is 14.4. The maximum atomic E-state index is 6.75. The summed E-state index contributed by atoms with van der Waals surface area (Å²) < 4.78 is 0. The van der Waals surface area contributed by atoms with Crippen molar-refractivity contribution in [3.05, 3.63) is 34.9 Å². The zero-order valence-electron chi connectivity index (χ0n) is 12.9. The Bertz CT molecular complexity index is 465. The molecule has 20 heavy (non-hydrogen) atoms. The zero-order chi connectivity index (χ0) is 14.1. The van der Waals surface area contributed by atoms with Gasteiger partial charge >= 0.3 is 0 Å². The van der Waals surface area contributed by atoms with Crippen LogP contribution in [0.4, 0.5) is 0 Å². The Morgan fingerprint density at radius 3 is 2.50 bits per heavy atom. The van der Waals surface area contributed by atoms with Gasteiger partial charge in [-0.1, -0.05) is 38.5 Å². The minimum absolute atomic E-state index is 0.218. The lowest BCUT2D eigenvalue weighted by Crippen LogP contribution is -2.12. The average molecular weight is 291 g/mol. The molecule has 0 radical (unpaired) electrons. The summed E-state index contributed by atoms with van der Waals surface area (Å²) in [6.45, 7) is 4.49. The largest absolute Gasteiger partial charge is 0.118 e. The van der Waals surface area contributed by atoms with Crippen molar-refractivity contribution in [1.82, 2.24) is 0 Å². The molecule has 2 aliphatic carbocycles. The van der Waals surface area contributed by atoms with Crippen LogP contribution >= 0.6 is 11.6 Å². The molecule has 1 aromatic carbocycles. The molecule has 0 nitrogen and oxygen atoms in total. The van der Waals surface area contributed by atoms with E-state index < -0.39 is 0 Å². The van der Waals surface area contributed by atoms with Crippen LogP contribution in [0.5, 0.6) is 0 Å². The van der Waals surface area contributed by atoms with Crippen LogP contribution in [0.15, 0.2) is 18.2 Å². The van der Waals surface area contributed by atoms with Gasteiger partial charge in [-0.05, 0) is 73.0 Å². The van der Waals surface area contributed by atoms with E-state index in [9.17, 15) is 0 Å². The average Bonchev–Trinajstić information content (AvgIpc) is 3.09. The van der Waals surface area contributed by atoms with Crippen molar-refractivity contribution in [2.45, 2.75) is 64.2 Å². The first-order chi connectivity index (χ1) is 9.71. The van der Waals surface area contributed by atoms with Gasteiger partial charge in [-0.3, -0.25) is 0 Å². The van der Waals surface area contributed by atoms with Crippen LogP contribution in [0.25, 0.3) is 0 Å². The molecule has 3 rings (SSSR count). The van der Waals surface area contributed by atoms with Gasteiger partial charge in [0.1, 0.15) is 0 Å². The Kier molecular flexibility index (Phi) is 4.40. The van der Waals surface area contributed by atoms with E-state index in [1.807, 2.05) is 0 Å². The van der Waals surface area contributed by atoms with Gasteiger partial charge in [0.2, 0.25) is 0 Å². The van der Waals surface area contributed by atoms with Gasteiger partial charge < -0.3 is 0 Å². The molecule has 0 spiro atoms. The molecule has 2 bridgehead atoms. The summed E-state index contributed by atoms with van der Waals surface area (Å²) in [5.74, 6) is 2.91. The Morgan fingerprint density at radius 2 is 1.90 bits per heavy atom. The summed E-state index contributed by atoms with van der Waals surface area (Å²) in [4.78, 5) is 0. The lowest BCUT2D eigenvalue weighted by Gasteiger charge is -2.24. The van der Waals surface area contributed by atoms with Crippen LogP contribution in [0.3, 0.4) is 0 Å². The Labute approximate surface area is 128 Å². The van der Waals surface area contributed by atoms with E-state index in [-0.39, 0.29) is 5.38 Å². The van der Waals surface area contributed by atoms with Gasteiger partial charge in [-0.25, -0.2) is 0 Å². The highest BCUT2D eigenvalue weighted by atomic mass is 35.5. The van der Waals surface area contributed by atoms with Crippen molar-refractivity contribution in [1.29, 1.82) is 0 Å². The SMILES string of the molecule is CCc1ccc(C(Cl)CC2CC3CCC2C3)cc1CC. The maximum absolute atomic E-state index is 6.75. The fourth-order valence-electron chi connectivity index (χ4n) is 4.58. The second kappa shape index (κ2) is 6.10. The zero-order valence-corrected chi connectivity index (χ0v) is 13.6. The number of benzene rings is 1. The molecule has 0 heterocycles. The molecular formula is C19H27Cl. The fourth-order valence-corrected chi connectivity index (χ4v) is 4.95. The predicted octanol–water partition coefficient (Wildman–Crippen LogP) is 5.92. The molecule has 4 atom stereocenters. The minimum Gasteiger partial charge on any atom is -0.118 e. The summed E-state index contributed by atoms with van der Waals surface area (Å²) in [6.07, 6.45) is 9.33. The van der Waals surface area contributed by atoms with Crippen molar-refractivity contribution < 1.29 is 0 Å². The quantitative estimate of drug-likeness (QED) is 0.591. The van der Waals surface area contributed by atoms with Crippen LogP contribution in [0, 0.1) is 17.8 Å². The van der Waals surface area contributed by atoms with Crippen molar-refractivity contribution in [2.24, 2.45) is 17.8 Å². The summed E-state index contributed by atoms with van der Waals surface area (Å²) in [5.41, 5.74) is 4.33. The van der Waals surface area contributed by atoms with Crippen molar-refractivity contribution in [3.8, 4) is 0 Å². The second-order valence-corrected chi connectivity index (χ2v) is 7.40. The third kappa shape index (κ3) is 2.77. The highest BCUT2D eigenvalue weighted by molar-refractivity contribution is 6.20. The van der Waals surface area contributed by atoms with E-state index in [1.54, 1.807) is 0 Å². The van der Waals surface area contributed by atoms with Crippen molar-refractivity contribution in [2.75, 3.05) is 0 Å². The standard InChI is InChI=1S/C19H27Cl/c1-3-14-7-8-17(11-15(14)4-2)19(20)12-18-10-13-5-6-16(18)9-13/h7-8,11,13,16,18-19H,3-6,9-10,12H2,1-2H3. The van der Waals surface area contributed by atoms with Crippen LogP contribution in [-0.2, 0) is 12.8 Å². The first-order valence-electron chi connectivity index (χ1n) is 8.47. The molecule has 0 saturated heterocycles. The van der Waals surface area contributed by atoms with Gasteiger partial charge in [0.05, 0.1) is 5.38 Å². The summed E-state index contributed by atoms with van der Waals surface area (Å²) in [7, 11) is 0. The Hall–Kier alpha value is -0.490. The second-order valence-electron chi connectivity index (χ2n) is 6.87. The molecule has 0 aliphatic heterocycles. The van der Waals surface area contributed by atoms with Gasteiger partial charge in [0.25, 0.3) is 0 Å². The molecule has 1 heteroatoms. The molecular weight excluding hydrogens is 264 g/mol.